The molecule has 0 saturated carbocycles. The summed E-state index contributed by atoms with van der Waals surface area (Å²) in [5.74, 6) is 2.18. The van der Waals surface area contributed by atoms with Gasteiger partial charge in [-0.3, -0.25) is 0 Å². The van der Waals surface area contributed by atoms with E-state index in [4.69, 9.17) is 0 Å². The predicted octanol–water partition coefficient (Wildman–Crippen LogP) is 0.909. The Bertz CT molecular complexity index is 216. The number of nitrogens with zero attached hydrogens (tertiary/aromatic N) is 1. The van der Waals surface area contributed by atoms with E-state index >= 15 is 0 Å². The molecule has 0 aromatic carbocycles. The third kappa shape index (κ3) is 1.56. The summed E-state index contributed by atoms with van der Waals surface area (Å²) in [7, 11) is 4.21. The number of hydrogen-bond donors (Lipinski definition) is 0. The molecule has 1 heterocycles. The molecule has 1 saturated heterocycles. The molecule has 0 unspecified atom stereocenters. The first-order valence-electron chi connectivity index (χ1n) is 3.99. The normalized spacial score (nSPS) is 25.0. The van der Waals surface area contributed by atoms with Crippen molar-refractivity contribution in [2.75, 3.05) is 13.6 Å². The van der Waals surface area contributed by atoms with E-state index in [9.17, 15) is 0 Å². The number of allylic oxidation sites excluding steroid dienone is 3. The van der Waals surface area contributed by atoms with E-state index in [1.807, 2.05) is 6.08 Å². The monoisotopic (exact) mass is 147 g/mol. The van der Waals surface area contributed by atoms with Gasteiger partial charge in [-0.05, 0) is 18.1 Å². The Morgan fingerprint density at radius 1 is 1.64 bits per heavy atom. The van der Waals surface area contributed by atoms with Crippen LogP contribution >= 0.6 is 0 Å². The molecule has 58 valence electrons. The Hall–Kier alpha value is -0.915. The van der Waals surface area contributed by atoms with E-state index in [1.54, 1.807) is 0 Å². The maximum absolute atomic E-state index is 3.70. The van der Waals surface area contributed by atoms with Crippen LogP contribution in [0.25, 0.3) is 0 Å². The van der Waals surface area contributed by atoms with Crippen molar-refractivity contribution >= 4 is 7.85 Å². The molecule has 2 heteroatoms. The fourth-order valence-corrected chi connectivity index (χ4v) is 1.42. The molecule has 0 aromatic heterocycles. The molecule has 0 spiro atoms. The summed E-state index contributed by atoms with van der Waals surface area (Å²) in [4.78, 5) is 2.26. The summed E-state index contributed by atoms with van der Waals surface area (Å²) in [6.45, 7) is 4.84. The molecule has 0 bridgehead atoms. The second-order valence-electron chi connectivity index (χ2n) is 2.77. The molecule has 0 amide bonds. The average molecular weight is 147 g/mol. The minimum absolute atomic E-state index is 1.14. The Morgan fingerprint density at radius 3 is 2.91 bits per heavy atom. The molecule has 11 heavy (non-hydrogen) atoms. The van der Waals surface area contributed by atoms with E-state index in [0.717, 1.165) is 6.54 Å². The van der Waals surface area contributed by atoms with Crippen LogP contribution in [-0.2, 0) is 0 Å². The van der Waals surface area contributed by atoms with Gasteiger partial charge in [0.25, 0.3) is 0 Å². The quantitative estimate of drug-likeness (QED) is 0.498. The first kappa shape index (κ1) is 8.18. The van der Waals surface area contributed by atoms with Crippen LogP contribution in [-0.4, -0.2) is 26.3 Å². The van der Waals surface area contributed by atoms with Gasteiger partial charge in [0.1, 0.15) is 7.85 Å². The Balaban J connectivity index is 2.88. The van der Waals surface area contributed by atoms with Crippen LogP contribution in [0.4, 0.5) is 0 Å². The van der Waals surface area contributed by atoms with Crippen molar-refractivity contribution in [1.29, 1.82) is 0 Å². The molecule has 0 atom stereocenters. The molecule has 1 aliphatic heterocycles. The zero-order chi connectivity index (χ0) is 8.27. The van der Waals surface area contributed by atoms with E-state index in [1.165, 1.54) is 17.7 Å². The van der Waals surface area contributed by atoms with E-state index in [-0.39, 0.29) is 0 Å². The maximum Gasteiger partial charge on any atom is 0.130 e. The van der Waals surface area contributed by atoms with Crippen LogP contribution in [0.3, 0.4) is 0 Å². The molecular weight excluding hydrogens is 133 g/mol. The Kier molecular flexibility index (Phi) is 2.58. The van der Waals surface area contributed by atoms with Gasteiger partial charge in [-0.25, -0.2) is 0 Å². The fraction of sp³-hybridized carbons (Fsp3) is 0.333. The van der Waals surface area contributed by atoms with Gasteiger partial charge in [0.05, 0.1) is 0 Å². The van der Waals surface area contributed by atoms with Crippen LogP contribution in [0.2, 0.25) is 0 Å². The molecule has 1 fully saturated rings. The highest BCUT2D eigenvalue weighted by Crippen LogP contribution is 2.24. The second kappa shape index (κ2) is 3.47. The van der Waals surface area contributed by atoms with Gasteiger partial charge in [-0.2, -0.15) is 0 Å². The number of hydrogen-bond acceptors (Lipinski definition) is 1. The summed E-state index contributed by atoms with van der Waals surface area (Å²) in [6, 6.07) is 0. The van der Waals surface area contributed by atoms with Crippen LogP contribution in [0, 0.1) is 0 Å². The zero-order valence-corrected chi connectivity index (χ0v) is 7.30. The molecular formula is C9H14BN. The van der Waals surface area contributed by atoms with Crippen molar-refractivity contribution in [2.24, 2.45) is 0 Å². The molecule has 0 N–H and O–H groups in total. The number of likely N-dealkylation sites (tertiary alicyclic amines) is 1. The summed E-state index contributed by atoms with van der Waals surface area (Å²) >= 11 is 0. The summed E-state index contributed by atoms with van der Waals surface area (Å²) < 4.78 is 0. The average Bonchev–Trinajstić information content (AvgIpc) is 2.34. The maximum atomic E-state index is 3.70. The molecule has 0 aliphatic carbocycles. The SMILES string of the molecule is B/C=C1/CCN(C)/C1=C/C=C. The van der Waals surface area contributed by atoms with Gasteiger partial charge in [0.15, 0.2) is 0 Å². The van der Waals surface area contributed by atoms with Crippen molar-refractivity contribution in [3.8, 4) is 0 Å². The lowest BCUT2D eigenvalue weighted by Crippen LogP contribution is -2.09. The highest BCUT2D eigenvalue weighted by Gasteiger charge is 2.15. The van der Waals surface area contributed by atoms with Crippen molar-refractivity contribution in [2.45, 2.75) is 6.42 Å². The molecule has 0 aromatic rings. The van der Waals surface area contributed by atoms with Crippen molar-refractivity contribution in [1.82, 2.24) is 4.90 Å². The van der Waals surface area contributed by atoms with Gasteiger partial charge < -0.3 is 4.90 Å². The molecule has 1 nitrogen and oxygen atoms in total. The van der Waals surface area contributed by atoms with E-state index in [0.29, 0.717) is 0 Å². The van der Waals surface area contributed by atoms with E-state index in [2.05, 4.69) is 38.4 Å². The summed E-state index contributed by atoms with van der Waals surface area (Å²) in [6.07, 6.45) is 5.09. The molecule has 1 rings (SSSR count). The van der Waals surface area contributed by atoms with Gasteiger partial charge in [-0.1, -0.05) is 12.7 Å². The fourth-order valence-electron chi connectivity index (χ4n) is 1.42. The van der Waals surface area contributed by atoms with Crippen molar-refractivity contribution in [3.63, 3.8) is 0 Å². The summed E-state index contributed by atoms with van der Waals surface area (Å²) in [5.41, 5.74) is 2.76. The van der Waals surface area contributed by atoms with Crippen LogP contribution in [0.5, 0.6) is 0 Å². The Labute approximate surface area is 69.5 Å². The third-order valence-corrected chi connectivity index (χ3v) is 2.08. The Morgan fingerprint density at radius 2 is 2.36 bits per heavy atom. The minimum Gasteiger partial charge on any atom is -0.374 e. The highest BCUT2D eigenvalue weighted by molar-refractivity contribution is 6.17. The first-order valence-corrected chi connectivity index (χ1v) is 3.99. The van der Waals surface area contributed by atoms with Crippen molar-refractivity contribution in [3.05, 3.63) is 36.0 Å². The van der Waals surface area contributed by atoms with Crippen molar-refractivity contribution < 1.29 is 0 Å². The number of rotatable bonds is 1. The molecule has 0 radical (unpaired) electrons. The van der Waals surface area contributed by atoms with Gasteiger partial charge >= 0.3 is 0 Å². The lowest BCUT2D eigenvalue weighted by molar-refractivity contribution is 0.482. The van der Waals surface area contributed by atoms with Gasteiger partial charge in [0, 0.05) is 19.3 Å². The standard InChI is InChI=1S/C9H14BN/c1-3-4-9-8(7-10)5-6-11(9)2/h3-4,7H,1,5-6,10H2,2H3/b8-7-,9-4+. The minimum atomic E-state index is 1.14. The van der Waals surface area contributed by atoms with Crippen LogP contribution < -0.4 is 0 Å². The van der Waals surface area contributed by atoms with Gasteiger partial charge in [0.2, 0.25) is 0 Å². The summed E-state index contributed by atoms with van der Waals surface area (Å²) in [5, 5.41) is 0. The largest absolute Gasteiger partial charge is 0.374 e. The third-order valence-electron chi connectivity index (χ3n) is 2.08. The van der Waals surface area contributed by atoms with Crippen LogP contribution in [0.15, 0.2) is 36.0 Å². The van der Waals surface area contributed by atoms with E-state index < -0.39 is 0 Å². The topological polar surface area (TPSA) is 3.24 Å². The lowest BCUT2D eigenvalue weighted by atomic mass is 10.0. The van der Waals surface area contributed by atoms with Gasteiger partial charge in [-0.15, -0.1) is 5.98 Å². The zero-order valence-electron chi connectivity index (χ0n) is 7.30. The second-order valence-corrected chi connectivity index (χ2v) is 2.77. The smallest absolute Gasteiger partial charge is 0.130 e. The predicted molar refractivity (Wildman–Crippen MR) is 52.2 cm³/mol. The first-order chi connectivity index (χ1) is 5.29. The highest BCUT2D eigenvalue weighted by atomic mass is 15.1. The number of likely N-dealkylation sites (N-methyl/N-ethyl adjacent to an activating group) is 1. The van der Waals surface area contributed by atoms with Crippen LogP contribution in [0.1, 0.15) is 6.42 Å². The lowest BCUT2D eigenvalue weighted by Gasteiger charge is -2.11. The molecule has 1 aliphatic rings.